The van der Waals surface area contributed by atoms with E-state index < -0.39 is 0 Å². The highest BCUT2D eigenvalue weighted by atomic mass is 35.5. The van der Waals surface area contributed by atoms with Crippen molar-refractivity contribution in [1.29, 1.82) is 0 Å². The third kappa shape index (κ3) is 2.21. The first-order chi connectivity index (χ1) is 7.76. The summed E-state index contributed by atoms with van der Waals surface area (Å²) in [5.41, 5.74) is 0.281. The lowest BCUT2D eigenvalue weighted by Gasteiger charge is -2.11. The summed E-state index contributed by atoms with van der Waals surface area (Å²) >= 11 is 6.08. The van der Waals surface area contributed by atoms with Crippen molar-refractivity contribution in [2.24, 2.45) is 22.7 Å². The summed E-state index contributed by atoms with van der Waals surface area (Å²) in [5, 5.41) is 3.45. The van der Waals surface area contributed by atoms with Crippen LogP contribution in [0.5, 0.6) is 0 Å². The van der Waals surface area contributed by atoms with E-state index in [1.807, 2.05) is 0 Å². The van der Waals surface area contributed by atoms with Crippen molar-refractivity contribution in [3.8, 4) is 0 Å². The van der Waals surface area contributed by atoms with Crippen LogP contribution >= 0.6 is 11.6 Å². The summed E-state index contributed by atoms with van der Waals surface area (Å²) < 4.78 is 0. The van der Waals surface area contributed by atoms with E-state index in [0.29, 0.717) is 11.3 Å². The molecule has 1 N–H and O–H groups in total. The monoisotopic (exact) mass is 257 g/mol. The molecule has 0 saturated heterocycles. The van der Waals surface area contributed by atoms with Crippen molar-refractivity contribution in [2.75, 3.05) is 6.54 Å². The molecule has 2 rings (SSSR count). The molecule has 2 unspecified atom stereocenters. The number of rotatable bonds is 3. The predicted octanol–water partition coefficient (Wildman–Crippen LogP) is 3.19. The van der Waals surface area contributed by atoms with E-state index in [1.165, 1.54) is 0 Å². The molecule has 0 aliphatic heterocycles. The molecule has 2 atom stereocenters. The van der Waals surface area contributed by atoms with Crippen molar-refractivity contribution in [3.05, 3.63) is 0 Å². The smallest absolute Gasteiger partial charge is 0.224 e. The molecule has 2 aliphatic carbocycles. The van der Waals surface area contributed by atoms with Crippen molar-refractivity contribution in [3.63, 3.8) is 0 Å². The lowest BCUT2D eigenvalue weighted by Crippen LogP contribution is -2.31. The Hall–Kier alpha value is -0.240. The van der Waals surface area contributed by atoms with E-state index in [9.17, 15) is 4.79 Å². The van der Waals surface area contributed by atoms with E-state index >= 15 is 0 Å². The number of hydrogen-bond acceptors (Lipinski definition) is 1. The summed E-state index contributed by atoms with van der Waals surface area (Å²) in [7, 11) is 0. The number of carbonyl (C=O) groups is 1. The zero-order chi connectivity index (χ0) is 12.8. The van der Waals surface area contributed by atoms with Crippen LogP contribution in [0.25, 0.3) is 0 Å². The Morgan fingerprint density at radius 2 is 1.82 bits per heavy atom. The van der Waals surface area contributed by atoms with Crippen molar-refractivity contribution in [1.82, 2.24) is 5.32 Å². The van der Waals surface area contributed by atoms with E-state index in [-0.39, 0.29) is 22.7 Å². The number of amides is 1. The van der Waals surface area contributed by atoms with Gasteiger partial charge >= 0.3 is 0 Å². The van der Waals surface area contributed by atoms with Gasteiger partial charge in [0.1, 0.15) is 0 Å². The number of hydrogen-bond donors (Lipinski definition) is 1. The molecular weight excluding hydrogens is 234 g/mol. The van der Waals surface area contributed by atoms with Crippen molar-refractivity contribution < 1.29 is 4.79 Å². The lowest BCUT2D eigenvalue weighted by molar-refractivity contribution is -0.123. The Morgan fingerprint density at radius 1 is 1.24 bits per heavy atom. The predicted molar refractivity (Wildman–Crippen MR) is 71.0 cm³/mol. The van der Waals surface area contributed by atoms with Gasteiger partial charge in [0.2, 0.25) is 5.91 Å². The highest BCUT2D eigenvalue weighted by Crippen LogP contribution is 2.68. The molecule has 0 aromatic rings. The maximum absolute atomic E-state index is 12.1. The van der Waals surface area contributed by atoms with E-state index in [4.69, 9.17) is 11.6 Å². The van der Waals surface area contributed by atoms with E-state index in [2.05, 4.69) is 33.0 Å². The Kier molecular flexibility index (Phi) is 3.22. The van der Waals surface area contributed by atoms with Crippen LogP contribution < -0.4 is 5.32 Å². The Balaban J connectivity index is 1.80. The quantitative estimate of drug-likeness (QED) is 0.773. The highest BCUT2D eigenvalue weighted by molar-refractivity contribution is 6.20. The molecule has 0 spiro atoms. The first kappa shape index (κ1) is 13.2. The van der Waals surface area contributed by atoms with Crippen molar-refractivity contribution in [2.45, 2.75) is 52.3 Å². The second-order valence-electron chi connectivity index (χ2n) is 6.90. The van der Waals surface area contributed by atoms with E-state index in [1.54, 1.807) is 0 Å². The maximum Gasteiger partial charge on any atom is 0.224 e. The summed E-state index contributed by atoms with van der Waals surface area (Å²) in [5.74, 6) is 0.993. The van der Waals surface area contributed by atoms with Gasteiger partial charge in [-0.15, -0.1) is 11.6 Å². The molecule has 0 bridgehead atoms. The largest absolute Gasteiger partial charge is 0.356 e. The zero-order valence-electron chi connectivity index (χ0n) is 11.3. The Labute approximate surface area is 109 Å². The number of carbonyl (C=O) groups excluding carboxylic acids is 1. The van der Waals surface area contributed by atoms with Gasteiger partial charge in [-0.25, -0.2) is 0 Å². The Bertz CT molecular complexity index is 310. The molecule has 2 aliphatic rings. The van der Waals surface area contributed by atoms with Gasteiger partial charge in [-0.3, -0.25) is 4.79 Å². The molecule has 1 amide bonds. The normalized spacial score (nSPS) is 34.6. The molecule has 0 aromatic heterocycles. The molecule has 17 heavy (non-hydrogen) atoms. The first-order valence-corrected chi connectivity index (χ1v) is 7.12. The minimum atomic E-state index is 0.141. The minimum Gasteiger partial charge on any atom is -0.356 e. The van der Waals surface area contributed by atoms with Gasteiger partial charge in [-0.1, -0.05) is 27.7 Å². The summed E-state index contributed by atoms with van der Waals surface area (Å²) in [6.45, 7) is 9.54. The molecule has 0 radical (unpaired) electrons. The average Bonchev–Trinajstić information content (AvgIpc) is 2.54. The molecular formula is C14H24ClNO. The standard InChI is InChI=1S/C14H24ClNO/c1-13(2)11(14(13,3)4)12(17)16-8-9-5-6-10(15)7-9/h9-11H,5-8H2,1-4H3,(H,16,17). The van der Waals surface area contributed by atoms with E-state index in [0.717, 1.165) is 25.8 Å². The summed E-state index contributed by atoms with van der Waals surface area (Å²) in [6, 6.07) is 0. The number of alkyl halides is 1. The number of nitrogens with one attached hydrogen (secondary N) is 1. The molecule has 0 aromatic carbocycles. The molecule has 2 saturated carbocycles. The fourth-order valence-electron chi connectivity index (χ4n) is 3.40. The van der Waals surface area contributed by atoms with Gasteiger partial charge in [0, 0.05) is 17.8 Å². The van der Waals surface area contributed by atoms with Gasteiger partial charge in [0.05, 0.1) is 0 Å². The third-order valence-electron chi connectivity index (χ3n) is 5.33. The fourth-order valence-corrected chi connectivity index (χ4v) is 3.78. The van der Waals surface area contributed by atoms with Gasteiger partial charge in [-0.2, -0.15) is 0 Å². The second kappa shape index (κ2) is 4.15. The maximum atomic E-state index is 12.1. The van der Waals surface area contributed by atoms with Crippen LogP contribution in [-0.2, 0) is 4.79 Å². The SMILES string of the molecule is CC1(C)C(C(=O)NCC2CCC(Cl)C2)C1(C)C. The first-order valence-electron chi connectivity index (χ1n) is 6.68. The molecule has 0 heterocycles. The second-order valence-corrected chi connectivity index (χ2v) is 7.52. The van der Waals surface area contributed by atoms with Crippen LogP contribution in [0.1, 0.15) is 47.0 Å². The van der Waals surface area contributed by atoms with Crippen LogP contribution in [0, 0.1) is 22.7 Å². The van der Waals surface area contributed by atoms with Crippen molar-refractivity contribution >= 4 is 17.5 Å². The average molecular weight is 258 g/mol. The van der Waals surface area contributed by atoms with Gasteiger partial charge in [-0.05, 0) is 36.0 Å². The highest BCUT2D eigenvalue weighted by Gasteiger charge is 2.68. The van der Waals surface area contributed by atoms with Crippen LogP contribution in [0.4, 0.5) is 0 Å². The molecule has 2 nitrogen and oxygen atoms in total. The number of halogens is 1. The Morgan fingerprint density at radius 3 is 2.24 bits per heavy atom. The van der Waals surface area contributed by atoms with Crippen LogP contribution in [0.15, 0.2) is 0 Å². The van der Waals surface area contributed by atoms with Gasteiger partial charge in [0.25, 0.3) is 0 Å². The van der Waals surface area contributed by atoms with Gasteiger partial charge < -0.3 is 5.32 Å². The molecule has 98 valence electrons. The lowest BCUT2D eigenvalue weighted by atomic mass is 10.0. The minimum absolute atomic E-state index is 0.141. The van der Waals surface area contributed by atoms with Gasteiger partial charge in [0.15, 0.2) is 0 Å². The summed E-state index contributed by atoms with van der Waals surface area (Å²) in [6.07, 6.45) is 3.31. The fraction of sp³-hybridized carbons (Fsp3) is 0.929. The molecule has 3 heteroatoms. The topological polar surface area (TPSA) is 29.1 Å². The van der Waals surface area contributed by atoms with Crippen LogP contribution in [0.3, 0.4) is 0 Å². The molecule has 2 fully saturated rings. The third-order valence-corrected chi connectivity index (χ3v) is 5.72. The van der Waals surface area contributed by atoms with Crippen LogP contribution in [0.2, 0.25) is 0 Å². The summed E-state index contributed by atoms with van der Waals surface area (Å²) in [4.78, 5) is 12.1. The van der Waals surface area contributed by atoms with Crippen LogP contribution in [-0.4, -0.2) is 17.8 Å². The zero-order valence-corrected chi connectivity index (χ0v) is 12.1.